The van der Waals surface area contributed by atoms with Crippen molar-refractivity contribution in [2.24, 2.45) is 11.5 Å². The quantitative estimate of drug-likeness (QED) is 0.728. The van der Waals surface area contributed by atoms with E-state index in [9.17, 15) is 9.59 Å². The van der Waals surface area contributed by atoms with Gasteiger partial charge < -0.3 is 16.4 Å². The van der Waals surface area contributed by atoms with Crippen LogP contribution >= 0.6 is 0 Å². The lowest BCUT2D eigenvalue weighted by Gasteiger charge is -2.22. The fraction of sp³-hybridized carbons (Fsp3) is 0.333. The number of anilines is 1. The van der Waals surface area contributed by atoms with Crippen LogP contribution in [0.15, 0.2) is 6.07 Å². The maximum Gasteiger partial charge on any atom is 0.237 e. The molecule has 0 saturated heterocycles. The third-order valence-corrected chi connectivity index (χ3v) is 2.43. The van der Waals surface area contributed by atoms with Gasteiger partial charge in [0.2, 0.25) is 11.8 Å². The molecule has 0 aliphatic rings. The first-order chi connectivity index (χ1) is 8.85. The van der Waals surface area contributed by atoms with Crippen LogP contribution < -0.4 is 16.4 Å². The SMILES string of the molecule is Cc1cc(C)c(C#N)c(N(CC(N)=O)CC(N)=O)n1. The van der Waals surface area contributed by atoms with Crippen molar-refractivity contribution in [2.75, 3.05) is 18.0 Å². The lowest BCUT2D eigenvalue weighted by molar-refractivity contribution is -0.117. The first-order valence-electron chi connectivity index (χ1n) is 5.55. The molecule has 0 radical (unpaired) electrons. The zero-order chi connectivity index (χ0) is 14.6. The highest BCUT2D eigenvalue weighted by Gasteiger charge is 2.19. The summed E-state index contributed by atoms with van der Waals surface area (Å²) in [6, 6.07) is 3.75. The third kappa shape index (κ3) is 3.67. The maximum absolute atomic E-state index is 11.1. The second-order valence-corrected chi connectivity index (χ2v) is 4.18. The number of hydrogen-bond donors (Lipinski definition) is 2. The summed E-state index contributed by atoms with van der Waals surface area (Å²) in [6.07, 6.45) is 0. The van der Waals surface area contributed by atoms with Crippen LogP contribution in [-0.4, -0.2) is 29.9 Å². The van der Waals surface area contributed by atoms with E-state index in [1.165, 1.54) is 4.90 Å². The summed E-state index contributed by atoms with van der Waals surface area (Å²) in [5.41, 5.74) is 11.9. The minimum Gasteiger partial charge on any atom is -0.368 e. The zero-order valence-electron chi connectivity index (χ0n) is 10.8. The van der Waals surface area contributed by atoms with Crippen molar-refractivity contribution in [1.29, 1.82) is 5.26 Å². The molecule has 1 aromatic heterocycles. The summed E-state index contributed by atoms with van der Waals surface area (Å²) >= 11 is 0. The third-order valence-electron chi connectivity index (χ3n) is 2.43. The number of nitrogens with zero attached hydrogens (tertiary/aromatic N) is 3. The Hall–Kier alpha value is -2.62. The summed E-state index contributed by atoms with van der Waals surface area (Å²) in [6.45, 7) is 3.05. The van der Waals surface area contributed by atoms with Gasteiger partial charge in [-0.05, 0) is 25.5 Å². The van der Waals surface area contributed by atoms with Crippen LogP contribution in [0.5, 0.6) is 0 Å². The van der Waals surface area contributed by atoms with Gasteiger partial charge in [0.1, 0.15) is 11.9 Å². The van der Waals surface area contributed by atoms with Crippen LogP contribution in [0.3, 0.4) is 0 Å². The molecule has 1 heterocycles. The van der Waals surface area contributed by atoms with E-state index < -0.39 is 11.8 Å². The summed E-state index contributed by atoms with van der Waals surface area (Å²) in [5, 5.41) is 9.16. The second kappa shape index (κ2) is 5.82. The van der Waals surface area contributed by atoms with Gasteiger partial charge in [0.25, 0.3) is 0 Å². The van der Waals surface area contributed by atoms with Crippen molar-refractivity contribution in [3.05, 3.63) is 22.9 Å². The number of nitriles is 1. The summed E-state index contributed by atoms with van der Waals surface area (Å²) < 4.78 is 0. The van der Waals surface area contributed by atoms with E-state index in [0.717, 1.165) is 0 Å². The minimum atomic E-state index is -0.633. The average molecular weight is 261 g/mol. The Morgan fingerprint density at radius 3 is 2.26 bits per heavy atom. The van der Waals surface area contributed by atoms with Crippen LogP contribution in [0.25, 0.3) is 0 Å². The predicted octanol–water partition coefficient (Wildman–Crippen LogP) is -0.653. The normalized spacial score (nSPS) is 9.74. The molecule has 1 aromatic rings. The molecule has 0 aliphatic carbocycles. The summed E-state index contributed by atoms with van der Waals surface area (Å²) in [5.74, 6) is -1.02. The zero-order valence-corrected chi connectivity index (χ0v) is 10.8. The fourth-order valence-electron chi connectivity index (χ4n) is 1.77. The van der Waals surface area contributed by atoms with E-state index in [0.29, 0.717) is 16.8 Å². The van der Waals surface area contributed by atoms with Gasteiger partial charge in [-0.25, -0.2) is 4.98 Å². The standard InChI is InChI=1S/C12H15N5O2/c1-7-3-8(2)16-12(9(7)4-13)17(5-10(14)18)6-11(15)19/h3H,5-6H2,1-2H3,(H2,14,18)(H2,15,19). The highest BCUT2D eigenvalue weighted by molar-refractivity contribution is 5.85. The molecule has 1 rings (SSSR count). The molecular formula is C12H15N5O2. The molecular weight excluding hydrogens is 246 g/mol. The molecule has 0 fully saturated rings. The number of primary amides is 2. The van der Waals surface area contributed by atoms with E-state index in [1.54, 1.807) is 19.9 Å². The fourth-order valence-corrected chi connectivity index (χ4v) is 1.77. The first kappa shape index (κ1) is 14.4. The molecule has 0 spiro atoms. The number of carbonyl (C=O) groups is 2. The first-order valence-corrected chi connectivity index (χ1v) is 5.55. The Balaban J connectivity index is 3.32. The number of carbonyl (C=O) groups excluding carboxylic acids is 2. The van der Waals surface area contributed by atoms with E-state index in [1.807, 2.05) is 6.07 Å². The van der Waals surface area contributed by atoms with Crippen LogP contribution in [0.4, 0.5) is 5.82 Å². The highest BCUT2D eigenvalue weighted by atomic mass is 16.2. The van der Waals surface area contributed by atoms with Gasteiger partial charge in [-0.2, -0.15) is 5.26 Å². The minimum absolute atomic E-state index is 0.229. The van der Waals surface area contributed by atoms with Gasteiger partial charge in [-0.15, -0.1) is 0 Å². The Labute approximate surface area is 110 Å². The Bertz CT molecular complexity index is 546. The van der Waals surface area contributed by atoms with Crippen molar-refractivity contribution in [1.82, 2.24) is 4.98 Å². The second-order valence-electron chi connectivity index (χ2n) is 4.18. The molecule has 2 amide bonds. The smallest absolute Gasteiger partial charge is 0.237 e. The van der Waals surface area contributed by atoms with Gasteiger partial charge >= 0.3 is 0 Å². The number of nitrogens with two attached hydrogens (primary N) is 2. The molecule has 19 heavy (non-hydrogen) atoms. The van der Waals surface area contributed by atoms with Crippen molar-refractivity contribution in [3.63, 3.8) is 0 Å². The maximum atomic E-state index is 11.1. The van der Waals surface area contributed by atoms with Crippen LogP contribution in [-0.2, 0) is 9.59 Å². The molecule has 0 atom stereocenters. The van der Waals surface area contributed by atoms with Crippen LogP contribution in [0.2, 0.25) is 0 Å². The largest absolute Gasteiger partial charge is 0.368 e. The van der Waals surface area contributed by atoms with Gasteiger partial charge in [0.05, 0.1) is 18.7 Å². The lowest BCUT2D eigenvalue weighted by Crippen LogP contribution is -2.40. The van der Waals surface area contributed by atoms with Crippen molar-refractivity contribution < 1.29 is 9.59 Å². The van der Waals surface area contributed by atoms with Crippen LogP contribution in [0.1, 0.15) is 16.8 Å². The van der Waals surface area contributed by atoms with Gasteiger partial charge in [0.15, 0.2) is 0 Å². The monoisotopic (exact) mass is 261 g/mol. The number of rotatable bonds is 5. The van der Waals surface area contributed by atoms with E-state index >= 15 is 0 Å². The molecule has 4 N–H and O–H groups in total. The van der Waals surface area contributed by atoms with Gasteiger partial charge in [0, 0.05) is 5.69 Å². The van der Waals surface area contributed by atoms with E-state index in [2.05, 4.69) is 4.98 Å². The number of aromatic nitrogens is 1. The molecule has 0 unspecified atom stereocenters. The Kier molecular flexibility index (Phi) is 4.42. The number of pyridine rings is 1. The molecule has 100 valence electrons. The summed E-state index contributed by atoms with van der Waals surface area (Å²) in [7, 11) is 0. The van der Waals surface area contributed by atoms with Crippen LogP contribution in [0, 0.1) is 25.2 Å². The molecule has 0 aromatic carbocycles. The Morgan fingerprint density at radius 1 is 1.32 bits per heavy atom. The molecule has 7 heteroatoms. The van der Waals surface area contributed by atoms with Crippen molar-refractivity contribution >= 4 is 17.6 Å². The number of hydrogen-bond acceptors (Lipinski definition) is 5. The van der Waals surface area contributed by atoms with Gasteiger partial charge in [-0.3, -0.25) is 9.59 Å². The van der Waals surface area contributed by atoms with E-state index in [4.69, 9.17) is 16.7 Å². The molecule has 0 saturated carbocycles. The van der Waals surface area contributed by atoms with E-state index in [-0.39, 0.29) is 18.9 Å². The molecule has 0 aliphatic heterocycles. The number of aryl methyl sites for hydroxylation is 2. The Morgan fingerprint density at radius 2 is 1.84 bits per heavy atom. The predicted molar refractivity (Wildman–Crippen MR) is 69.0 cm³/mol. The summed E-state index contributed by atoms with van der Waals surface area (Å²) in [4.78, 5) is 27.6. The van der Waals surface area contributed by atoms with Gasteiger partial charge in [-0.1, -0.05) is 0 Å². The van der Waals surface area contributed by atoms with Crippen molar-refractivity contribution in [3.8, 4) is 6.07 Å². The molecule has 7 nitrogen and oxygen atoms in total. The highest BCUT2D eigenvalue weighted by Crippen LogP contribution is 2.21. The molecule has 0 bridgehead atoms. The number of amides is 2. The lowest BCUT2D eigenvalue weighted by atomic mass is 10.1. The van der Waals surface area contributed by atoms with Crippen molar-refractivity contribution in [2.45, 2.75) is 13.8 Å². The topological polar surface area (TPSA) is 126 Å². The average Bonchev–Trinajstić information content (AvgIpc) is 2.25.